The zero-order valence-electron chi connectivity index (χ0n) is 8.54. The molecule has 0 aliphatic heterocycles. The van der Waals surface area contributed by atoms with Gasteiger partial charge in [-0.2, -0.15) is 0 Å². The maximum absolute atomic E-state index is 11.4. The number of Topliss-reactive ketones (excluding diaryl/α,β-unsaturated/α-hetero) is 1. The Morgan fingerprint density at radius 1 is 1.33 bits per heavy atom. The van der Waals surface area contributed by atoms with Gasteiger partial charge in [-0.3, -0.25) is 4.79 Å². The number of aliphatic hydroxyl groups excluding tert-OH is 1. The van der Waals surface area contributed by atoms with Crippen molar-refractivity contribution in [2.24, 2.45) is 0 Å². The number of aryl methyl sites for hydroxylation is 2. The van der Waals surface area contributed by atoms with Gasteiger partial charge in [-0.25, -0.2) is 0 Å². The third-order valence-electron chi connectivity index (χ3n) is 2.72. The third-order valence-corrected chi connectivity index (χ3v) is 3.12. The van der Waals surface area contributed by atoms with E-state index < -0.39 is 5.92 Å². The SMILES string of the molecule is Cc1ccc(C)c(C2C(=O)C(O)=C2Cl)c1. The highest BCUT2D eigenvalue weighted by Crippen LogP contribution is 2.41. The van der Waals surface area contributed by atoms with E-state index in [1.54, 1.807) is 0 Å². The zero-order valence-corrected chi connectivity index (χ0v) is 9.30. The molecule has 2 rings (SSSR count). The van der Waals surface area contributed by atoms with Crippen LogP contribution in [0.4, 0.5) is 0 Å². The number of rotatable bonds is 1. The quantitative estimate of drug-likeness (QED) is 0.793. The molecule has 15 heavy (non-hydrogen) atoms. The lowest BCUT2D eigenvalue weighted by molar-refractivity contribution is -0.120. The molecule has 1 aromatic rings. The molecule has 1 aromatic carbocycles. The second-order valence-corrected chi connectivity index (χ2v) is 4.26. The summed E-state index contributed by atoms with van der Waals surface area (Å²) in [4.78, 5) is 11.4. The lowest BCUT2D eigenvalue weighted by Gasteiger charge is -2.25. The predicted octanol–water partition coefficient (Wildman–Crippen LogP) is 2.98. The average Bonchev–Trinajstić information content (AvgIpc) is 2.23. The van der Waals surface area contributed by atoms with E-state index in [9.17, 15) is 9.90 Å². The van der Waals surface area contributed by atoms with Gasteiger partial charge in [0.1, 0.15) is 0 Å². The number of benzene rings is 1. The van der Waals surface area contributed by atoms with Crippen LogP contribution in [0, 0.1) is 13.8 Å². The van der Waals surface area contributed by atoms with Crippen molar-refractivity contribution >= 4 is 17.4 Å². The molecule has 0 radical (unpaired) electrons. The Bertz CT molecular complexity index is 475. The summed E-state index contributed by atoms with van der Waals surface area (Å²) >= 11 is 5.83. The first-order valence-corrected chi connectivity index (χ1v) is 5.10. The van der Waals surface area contributed by atoms with E-state index in [2.05, 4.69) is 0 Å². The van der Waals surface area contributed by atoms with Crippen LogP contribution in [-0.4, -0.2) is 10.9 Å². The highest BCUT2D eigenvalue weighted by Gasteiger charge is 2.40. The molecule has 1 atom stereocenters. The summed E-state index contributed by atoms with van der Waals surface area (Å²) in [6.45, 7) is 3.89. The molecule has 3 heteroatoms. The molecule has 78 valence electrons. The zero-order chi connectivity index (χ0) is 11.2. The van der Waals surface area contributed by atoms with Crippen molar-refractivity contribution in [2.45, 2.75) is 19.8 Å². The fraction of sp³-hybridized carbons (Fsp3) is 0.250. The summed E-state index contributed by atoms with van der Waals surface area (Å²) in [5, 5.41) is 9.43. The van der Waals surface area contributed by atoms with Crippen LogP contribution >= 0.6 is 11.6 Å². The summed E-state index contributed by atoms with van der Waals surface area (Å²) in [6, 6.07) is 5.88. The first kappa shape index (κ1) is 10.2. The first-order chi connectivity index (χ1) is 7.02. The Morgan fingerprint density at radius 2 is 2.00 bits per heavy atom. The Kier molecular flexibility index (Phi) is 2.31. The normalized spacial score (nSPS) is 20.5. The second-order valence-electron chi connectivity index (χ2n) is 3.85. The van der Waals surface area contributed by atoms with Crippen molar-refractivity contribution < 1.29 is 9.90 Å². The van der Waals surface area contributed by atoms with Gasteiger partial charge < -0.3 is 5.11 Å². The van der Waals surface area contributed by atoms with Gasteiger partial charge >= 0.3 is 0 Å². The fourth-order valence-electron chi connectivity index (χ4n) is 1.78. The molecule has 2 nitrogen and oxygen atoms in total. The van der Waals surface area contributed by atoms with Crippen molar-refractivity contribution in [1.29, 1.82) is 0 Å². The molecule has 0 bridgehead atoms. The average molecular weight is 223 g/mol. The minimum Gasteiger partial charge on any atom is -0.504 e. The van der Waals surface area contributed by atoms with Gasteiger partial charge in [0.25, 0.3) is 0 Å². The maximum Gasteiger partial charge on any atom is 0.211 e. The van der Waals surface area contributed by atoms with Gasteiger partial charge in [0.2, 0.25) is 5.78 Å². The smallest absolute Gasteiger partial charge is 0.211 e. The van der Waals surface area contributed by atoms with Crippen molar-refractivity contribution in [2.75, 3.05) is 0 Å². The summed E-state index contributed by atoms with van der Waals surface area (Å²) < 4.78 is 0. The third kappa shape index (κ3) is 1.45. The van der Waals surface area contributed by atoms with Gasteiger partial charge in [-0.1, -0.05) is 35.4 Å². The van der Waals surface area contributed by atoms with Crippen LogP contribution in [0.3, 0.4) is 0 Å². The van der Waals surface area contributed by atoms with E-state index in [0.29, 0.717) is 0 Å². The topological polar surface area (TPSA) is 37.3 Å². The molecule has 0 spiro atoms. The number of carbonyl (C=O) groups excluding carboxylic acids is 1. The summed E-state index contributed by atoms with van der Waals surface area (Å²) in [5.41, 5.74) is 2.99. The molecular formula is C12H11ClO2. The molecule has 0 saturated heterocycles. The molecule has 0 saturated carbocycles. The predicted molar refractivity (Wildman–Crippen MR) is 59.2 cm³/mol. The van der Waals surface area contributed by atoms with E-state index in [0.717, 1.165) is 16.7 Å². The van der Waals surface area contributed by atoms with Gasteiger partial charge in [-0.15, -0.1) is 0 Å². The van der Waals surface area contributed by atoms with E-state index in [1.165, 1.54) is 0 Å². The monoisotopic (exact) mass is 222 g/mol. The molecular weight excluding hydrogens is 212 g/mol. The van der Waals surface area contributed by atoms with E-state index >= 15 is 0 Å². The first-order valence-electron chi connectivity index (χ1n) is 4.72. The number of halogens is 1. The number of allylic oxidation sites excluding steroid dienone is 2. The number of hydrogen-bond acceptors (Lipinski definition) is 2. The van der Waals surface area contributed by atoms with Crippen LogP contribution in [-0.2, 0) is 4.79 Å². The summed E-state index contributed by atoms with van der Waals surface area (Å²) in [7, 11) is 0. The molecule has 0 heterocycles. The Hall–Kier alpha value is -1.28. The number of ketones is 1. The van der Waals surface area contributed by atoms with Crippen LogP contribution in [0.2, 0.25) is 0 Å². The van der Waals surface area contributed by atoms with Crippen molar-refractivity contribution in [3.8, 4) is 0 Å². The lowest BCUT2D eigenvalue weighted by Crippen LogP contribution is -2.27. The molecule has 1 unspecified atom stereocenters. The highest BCUT2D eigenvalue weighted by molar-refractivity contribution is 6.39. The molecule has 1 aliphatic rings. The number of hydrogen-bond donors (Lipinski definition) is 1. The molecule has 1 N–H and O–H groups in total. The van der Waals surface area contributed by atoms with Crippen molar-refractivity contribution in [3.63, 3.8) is 0 Å². The van der Waals surface area contributed by atoms with E-state index in [4.69, 9.17) is 11.6 Å². The fourth-order valence-corrected chi connectivity index (χ4v) is 2.09. The minimum absolute atomic E-state index is 0.258. The van der Waals surface area contributed by atoms with E-state index in [-0.39, 0.29) is 16.6 Å². The number of aliphatic hydroxyl groups is 1. The highest BCUT2D eigenvalue weighted by atomic mass is 35.5. The molecule has 1 aliphatic carbocycles. The Labute approximate surface area is 93.2 Å². The van der Waals surface area contributed by atoms with Gasteiger partial charge in [0.05, 0.1) is 11.0 Å². The lowest BCUT2D eigenvalue weighted by atomic mass is 9.81. The van der Waals surface area contributed by atoms with Crippen LogP contribution in [0.25, 0.3) is 0 Å². The summed E-state index contributed by atoms with van der Waals surface area (Å²) in [5.74, 6) is -1.03. The van der Waals surface area contributed by atoms with Gasteiger partial charge in [-0.05, 0) is 25.0 Å². The standard InChI is InChI=1S/C12H11ClO2/c1-6-3-4-7(2)8(5-6)9-10(13)12(15)11(9)14/h3-5,9,15H,1-2H3. The van der Waals surface area contributed by atoms with Crippen LogP contribution in [0.5, 0.6) is 0 Å². The minimum atomic E-state index is -0.452. The van der Waals surface area contributed by atoms with Gasteiger partial charge in [0, 0.05) is 0 Å². The maximum atomic E-state index is 11.4. The van der Waals surface area contributed by atoms with Crippen LogP contribution in [0.15, 0.2) is 29.0 Å². The van der Waals surface area contributed by atoms with Crippen LogP contribution < -0.4 is 0 Å². The largest absolute Gasteiger partial charge is 0.504 e. The number of carbonyl (C=O) groups is 1. The molecule has 0 fully saturated rings. The van der Waals surface area contributed by atoms with Crippen molar-refractivity contribution in [3.05, 3.63) is 45.7 Å². The molecule has 0 aromatic heterocycles. The Morgan fingerprint density at radius 3 is 2.60 bits per heavy atom. The summed E-state index contributed by atoms with van der Waals surface area (Å²) in [6.07, 6.45) is 0. The Balaban J connectivity index is 2.49. The molecule has 0 amide bonds. The van der Waals surface area contributed by atoms with Gasteiger partial charge in [0.15, 0.2) is 5.76 Å². The van der Waals surface area contributed by atoms with Crippen molar-refractivity contribution in [1.82, 2.24) is 0 Å². The second kappa shape index (κ2) is 3.38. The van der Waals surface area contributed by atoms with Crippen LogP contribution in [0.1, 0.15) is 22.6 Å². The van der Waals surface area contributed by atoms with E-state index in [1.807, 2.05) is 32.0 Å².